The summed E-state index contributed by atoms with van der Waals surface area (Å²) >= 11 is 1.48. The van der Waals surface area contributed by atoms with E-state index in [1.807, 2.05) is 0 Å². The van der Waals surface area contributed by atoms with Crippen LogP contribution in [0.1, 0.15) is 55.3 Å². The molecule has 27 heavy (non-hydrogen) atoms. The minimum absolute atomic E-state index is 0.107. The molecular weight excluding hydrogens is 368 g/mol. The third kappa shape index (κ3) is 3.76. The Labute approximate surface area is 161 Å². The minimum atomic E-state index is -0.418. The molecule has 0 spiro atoms. The number of aromatic nitrogens is 2. The van der Waals surface area contributed by atoms with Gasteiger partial charge in [0.05, 0.1) is 30.9 Å². The molecule has 0 saturated heterocycles. The number of hydrogen-bond acceptors (Lipinski definition) is 7. The molecule has 8 heteroatoms. The Morgan fingerprint density at radius 2 is 2.00 bits per heavy atom. The Morgan fingerprint density at radius 1 is 1.26 bits per heavy atom. The first kappa shape index (κ1) is 19.5. The second-order valence-electron chi connectivity index (χ2n) is 6.49. The van der Waals surface area contributed by atoms with E-state index in [0.717, 1.165) is 23.3 Å². The van der Waals surface area contributed by atoms with E-state index in [1.54, 1.807) is 20.8 Å². The van der Waals surface area contributed by atoms with Crippen LogP contribution in [0, 0.1) is 6.92 Å². The van der Waals surface area contributed by atoms with Crippen LogP contribution in [0.4, 0.5) is 0 Å². The van der Waals surface area contributed by atoms with Crippen molar-refractivity contribution in [2.75, 3.05) is 13.2 Å². The number of fused-ring (bicyclic) bond motifs is 3. The zero-order valence-corrected chi connectivity index (χ0v) is 16.7. The van der Waals surface area contributed by atoms with E-state index in [-0.39, 0.29) is 30.5 Å². The van der Waals surface area contributed by atoms with Crippen molar-refractivity contribution in [1.82, 2.24) is 9.55 Å². The summed E-state index contributed by atoms with van der Waals surface area (Å²) < 4.78 is 11.7. The van der Waals surface area contributed by atoms with Crippen molar-refractivity contribution in [3.63, 3.8) is 0 Å². The van der Waals surface area contributed by atoms with E-state index < -0.39 is 5.92 Å². The number of aryl methyl sites for hydroxylation is 2. The number of thiophene rings is 1. The molecule has 0 aliphatic heterocycles. The molecule has 0 radical (unpaired) electrons. The van der Waals surface area contributed by atoms with Crippen molar-refractivity contribution >= 4 is 33.5 Å². The molecule has 1 atom stereocenters. The van der Waals surface area contributed by atoms with Gasteiger partial charge in [-0.2, -0.15) is 0 Å². The number of carbonyl (C=O) groups is 2. The van der Waals surface area contributed by atoms with Gasteiger partial charge in [-0.3, -0.25) is 19.0 Å². The molecule has 1 unspecified atom stereocenters. The van der Waals surface area contributed by atoms with Crippen molar-refractivity contribution in [2.45, 2.75) is 58.9 Å². The van der Waals surface area contributed by atoms with Crippen molar-refractivity contribution in [3.05, 3.63) is 26.6 Å². The highest BCUT2D eigenvalue weighted by atomic mass is 32.1. The molecule has 3 rings (SSSR count). The van der Waals surface area contributed by atoms with Gasteiger partial charge < -0.3 is 9.47 Å². The van der Waals surface area contributed by atoms with Crippen LogP contribution in [0.15, 0.2) is 4.79 Å². The number of carbonyl (C=O) groups excluding carboxylic acids is 2. The van der Waals surface area contributed by atoms with Crippen LogP contribution in [-0.2, 0) is 32.0 Å². The molecule has 146 valence electrons. The first-order chi connectivity index (χ1) is 13.0. The van der Waals surface area contributed by atoms with E-state index in [1.165, 1.54) is 15.9 Å². The Bertz CT molecular complexity index is 930. The lowest BCUT2D eigenvalue weighted by Crippen LogP contribution is -2.27. The first-order valence-electron chi connectivity index (χ1n) is 9.32. The van der Waals surface area contributed by atoms with Gasteiger partial charge in [-0.15, -0.1) is 11.3 Å². The van der Waals surface area contributed by atoms with E-state index in [0.29, 0.717) is 35.7 Å². The molecule has 1 aliphatic rings. The molecule has 2 heterocycles. The van der Waals surface area contributed by atoms with E-state index >= 15 is 0 Å². The monoisotopic (exact) mass is 392 g/mol. The average molecular weight is 392 g/mol. The fourth-order valence-corrected chi connectivity index (χ4v) is 4.91. The fourth-order valence-electron chi connectivity index (χ4n) is 3.60. The van der Waals surface area contributed by atoms with Crippen LogP contribution in [0.25, 0.3) is 10.2 Å². The quantitative estimate of drug-likeness (QED) is 0.703. The van der Waals surface area contributed by atoms with Crippen LogP contribution in [-0.4, -0.2) is 34.7 Å². The maximum absolute atomic E-state index is 13.2. The summed E-state index contributed by atoms with van der Waals surface area (Å²) in [6.45, 7) is 6.11. The van der Waals surface area contributed by atoms with Gasteiger partial charge >= 0.3 is 11.9 Å². The third-order valence-corrected chi connectivity index (χ3v) is 5.94. The molecule has 0 aromatic carbocycles. The van der Waals surface area contributed by atoms with E-state index in [2.05, 4.69) is 4.98 Å². The van der Waals surface area contributed by atoms with Gasteiger partial charge in [0.1, 0.15) is 10.7 Å². The molecule has 0 amide bonds. The lowest BCUT2D eigenvalue weighted by Gasteiger charge is -2.21. The number of nitrogens with zero attached hydrogens (tertiary/aromatic N) is 2. The Kier molecular flexibility index (Phi) is 5.94. The van der Waals surface area contributed by atoms with Crippen LogP contribution >= 0.6 is 11.3 Å². The molecular formula is C19H24N2O5S. The third-order valence-electron chi connectivity index (χ3n) is 4.78. The molecule has 1 aliphatic carbocycles. The zero-order chi connectivity index (χ0) is 19.6. The molecule has 2 aromatic rings. The van der Waals surface area contributed by atoms with Gasteiger partial charge in [0.25, 0.3) is 5.56 Å². The molecule has 7 nitrogen and oxygen atoms in total. The fraction of sp³-hybridized carbons (Fsp3) is 0.579. The van der Waals surface area contributed by atoms with E-state index in [9.17, 15) is 14.4 Å². The maximum atomic E-state index is 13.2. The van der Waals surface area contributed by atoms with Crippen LogP contribution in [0.2, 0.25) is 0 Å². The summed E-state index contributed by atoms with van der Waals surface area (Å²) in [4.78, 5) is 43.6. The highest BCUT2D eigenvalue weighted by Gasteiger charge is 2.33. The van der Waals surface area contributed by atoms with Gasteiger partial charge in [-0.05, 0) is 45.6 Å². The smallest absolute Gasteiger partial charge is 0.313 e. The highest BCUT2D eigenvalue weighted by molar-refractivity contribution is 7.18. The van der Waals surface area contributed by atoms with Crippen molar-refractivity contribution in [2.24, 2.45) is 0 Å². The summed E-state index contributed by atoms with van der Waals surface area (Å²) in [6, 6.07) is 0. The first-order valence-corrected chi connectivity index (χ1v) is 10.1. The molecule has 0 N–H and O–H groups in total. The second-order valence-corrected chi connectivity index (χ2v) is 7.57. The average Bonchev–Trinajstić information content (AvgIpc) is 3.00. The molecule has 0 saturated carbocycles. The van der Waals surface area contributed by atoms with Gasteiger partial charge in [-0.1, -0.05) is 0 Å². The van der Waals surface area contributed by atoms with Crippen LogP contribution in [0.5, 0.6) is 0 Å². The summed E-state index contributed by atoms with van der Waals surface area (Å²) in [5, 5.41) is 0.502. The van der Waals surface area contributed by atoms with Gasteiger partial charge in [0, 0.05) is 11.4 Å². The zero-order valence-electron chi connectivity index (χ0n) is 15.9. The van der Waals surface area contributed by atoms with Crippen LogP contribution < -0.4 is 5.56 Å². The largest absolute Gasteiger partial charge is 0.466 e. The van der Waals surface area contributed by atoms with Gasteiger partial charge in [0.15, 0.2) is 0 Å². The van der Waals surface area contributed by atoms with Crippen molar-refractivity contribution in [3.8, 4) is 0 Å². The highest BCUT2D eigenvalue weighted by Crippen LogP contribution is 2.41. The lowest BCUT2D eigenvalue weighted by atomic mass is 9.86. The summed E-state index contributed by atoms with van der Waals surface area (Å²) in [5.74, 6) is -0.488. The summed E-state index contributed by atoms with van der Waals surface area (Å²) in [6.07, 6.45) is 2.51. The maximum Gasteiger partial charge on any atom is 0.313 e. The summed E-state index contributed by atoms with van der Waals surface area (Å²) in [5.41, 5.74) is 0.581. The molecule has 2 aromatic heterocycles. The SMILES string of the molecule is CCOC(=O)CCn1c(C)nc2sc3c(c2c1=O)C(C(=O)OCC)CCC3. The number of rotatable bonds is 6. The van der Waals surface area contributed by atoms with Crippen molar-refractivity contribution < 1.29 is 19.1 Å². The predicted octanol–water partition coefficient (Wildman–Crippen LogP) is 2.70. The lowest BCUT2D eigenvalue weighted by molar-refractivity contribution is -0.145. The molecule has 0 bridgehead atoms. The topological polar surface area (TPSA) is 87.5 Å². The number of esters is 2. The normalized spacial score (nSPS) is 16.2. The standard InChI is InChI=1S/C19H24N2O5S/c1-4-25-14(22)9-10-21-11(3)20-17-16(18(21)23)15-12(19(24)26-5-2)7-6-8-13(15)27-17/h12H,4-10H2,1-3H3. The van der Waals surface area contributed by atoms with Gasteiger partial charge in [0.2, 0.25) is 0 Å². The second kappa shape index (κ2) is 8.21. The van der Waals surface area contributed by atoms with Crippen LogP contribution in [0.3, 0.4) is 0 Å². The van der Waals surface area contributed by atoms with Crippen molar-refractivity contribution in [1.29, 1.82) is 0 Å². The van der Waals surface area contributed by atoms with E-state index in [4.69, 9.17) is 9.47 Å². The number of hydrogen-bond donors (Lipinski definition) is 0. The Morgan fingerprint density at radius 3 is 2.70 bits per heavy atom. The number of ether oxygens (including phenoxy) is 2. The summed E-state index contributed by atoms with van der Waals surface area (Å²) in [7, 11) is 0. The Balaban J connectivity index is 2.06. The molecule has 0 fully saturated rings. The predicted molar refractivity (Wildman–Crippen MR) is 102 cm³/mol. The van der Waals surface area contributed by atoms with Gasteiger partial charge in [-0.25, -0.2) is 4.98 Å². The minimum Gasteiger partial charge on any atom is -0.466 e. The Hall–Kier alpha value is -2.22.